The monoisotopic (exact) mass is 407 g/mol. The van der Waals surface area contributed by atoms with Crippen LogP contribution in [-0.2, 0) is 9.53 Å². The number of aromatic amines is 1. The molecule has 9 nitrogen and oxygen atoms in total. The van der Waals surface area contributed by atoms with Gasteiger partial charge in [0.25, 0.3) is 0 Å². The van der Waals surface area contributed by atoms with E-state index in [0.29, 0.717) is 18.7 Å². The van der Waals surface area contributed by atoms with Crippen molar-refractivity contribution in [2.45, 2.75) is 19.3 Å². The average Bonchev–Trinajstić information content (AvgIpc) is 3.19. The van der Waals surface area contributed by atoms with Gasteiger partial charge in [-0.05, 0) is 37.4 Å². The fourth-order valence-corrected chi connectivity index (χ4v) is 4.05. The van der Waals surface area contributed by atoms with Gasteiger partial charge in [0.05, 0.1) is 25.5 Å². The topological polar surface area (TPSA) is 99.3 Å². The van der Waals surface area contributed by atoms with Gasteiger partial charge in [0.1, 0.15) is 5.52 Å². The molecule has 2 aromatic heterocycles. The largest absolute Gasteiger partial charge is 0.379 e. The first-order chi connectivity index (χ1) is 13.7. The molecule has 1 amide bonds. The Morgan fingerprint density at radius 1 is 1.32 bits per heavy atom. The van der Waals surface area contributed by atoms with Gasteiger partial charge in [0.15, 0.2) is 11.5 Å². The standard InChI is InChI=1S/C18H26ClN7O2/c19-18-23-15-14(21-12-22-15)16(24-18)26-6-1-3-13(11-26)17(27)20-4-2-5-25-7-9-28-10-8-25/h12-13H,1-11H2,(H,20,27)(H,21,22,23,24)/t13-/m0/s1. The third-order valence-electron chi connectivity index (χ3n) is 5.39. The Hall–Kier alpha value is -1.97. The maximum absolute atomic E-state index is 12.7. The van der Waals surface area contributed by atoms with Crippen LogP contribution < -0.4 is 10.2 Å². The van der Waals surface area contributed by atoms with E-state index in [4.69, 9.17) is 16.3 Å². The highest BCUT2D eigenvalue weighted by Gasteiger charge is 2.28. The van der Waals surface area contributed by atoms with Crippen LogP contribution in [0, 0.1) is 5.92 Å². The van der Waals surface area contributed by atoms with E-state index in [1.54, 1.807) is 6.33 Å². The highest BCUT2D eigenvalue weighted by molar-refractivity contribution is 6.28. The van der Waals surface area contributed by atoms with Crippen molar-refractivity contribution in [3.05, 3.63) is 11.6 Å². The van der Waals surface area contributed by atoms with Gasteiger partial charge in [-0.2, -0.15) is 9.97 Å². The number of rotatable bonds is 6. The molecule has 2 fully saturated rings. The lowest BCUT2D eigenvalue weighted by atomic mass is 9.97. The molecule has 0 spiro atoms. The van der Waals surface area contributed by atoms with Crippen molar-refractivity contribution in [1.82, 2.24) is 30.2 Å². The summed E-state index contributed by atoms with van der Waals surface area (Å²) < 4.78 is 5.36. The van der Waals surface area contributed by atoms with E-state index < -0.39 is 0 Å². The van der Waals surface area contributed by atoms with Gasteiger partial charge in [-0.15, -0.1) is 0 Å². The summed E-state index contributed by atoms with van der Waals surface area (Å²) in [4.78, 5) is 32.9. The van der Waals surface area contributed by atoms with E-state index in [0.717, 1.165) is 70.0 Å². The number of fused-ring (bicyclic) bond motifs is 1. The van der Waals surface area contributed by atoms with Crippen LogP contribution in [0.4, 0.5) is 5.82 Å². The van der Waals surface area contributed by atoms with Crippen LogP contribution in [0.15, 0.2) is 6.33 Å². The third-order valence-corrected chi connectivity index (χ3v) is 5.55. The Balaban J connectivity index is 1.30. The maximum atomic E-state index is 12.7. The number of piperidine rings is 1. The molecule has 28 heavy (non-hydrogen) atoms. The van der Waals surface area contributed by atoms with Crippen molar-refractivity contribution in [3.8, 4) is 0 Å². The number of carbonyl (C=O) groups excluding carboxylic acids is 1. The number of ether oxygens (including phenoxy) is 1. The van der Waals surface area contributed by atoms with Gasteiger partial charge >= 0.3 is 0 Å². The summed E-state index contributed by atoms with van der Waals surface area (Å²) >= 11 is 6.05. The van der Waals surface area contributed by atoms with Crippen LogP contribution in [0.2, 0.25) is 5.28 Å². The average molecular weight is 408 g/mol. The minimum atomic E-state index is -0.0520. The lowest BCUT2D eigenvalue weighted by Gasteiger charge is -2.33. The maximum Gasteiger partial charge on any atom is 0.226 e. The number of halogens is 1. The Morgan fingerprint density at radius 2 is 2.18 bits per heavy atom. The zero-order chi connectivity index (χ0) is 19.3. The van der Waals surface area contributed by atoms with Crippen LogP contribution in [0.5, 0.6) is 0 Å². The second-order valence-electron chi connectivity index (χ2n) is 7.30. The van der Waals surface area contributed by atoms with Crippen molar-refractivity contribution < 1.29 is 9.53 Å². The molecule has 4 heterocycles. The molecule has 0 aromatic carbocycles. The quantitative estimate of drug-likeness (QED) is 0.545. The number of hydrogen-bond acceptors (Lipinski definition) is 7. The molecular formula is C18H26ClN7O2. The Morgan fingerprint density at radius 3 is 3.04 bits per heavy atom. The van der Waals surface area contributed by atoms with Gasteiger partial charge in [0, 0.05) is 32.7 Å². The summed E-state index contributed by atoms with van der Waals surface area (Å²) in [6.07, 6.45) is 4.36. The van der Waals surface area contributed by atoms with E-state index >= 15 is 0 Å². The lowest BCUT2D eigenvalue weighted by molar-refractivity contribution is -0.125. The van der Waals surface area contributed by atoms with Gasteiger partial charge in [0.2, 0.25) is 11.2 Å². The number of hydrogen-bond donors (Lipinski definition) is 2. The minimum absolute atomic E-state index is 0.0520. The number of morpholine rings is 1. The highest BCUT2D eigenvalue weighted by Crippen LogP contribution is 2.27. The number of anilines is 1. The summed E-state index contributed by atoms with van der Waals surface area (Å²) in [6.45, 7) is 6.74. The van der Waals surface area contributed by atoms with E-state index in [1.165, 1.54) is 0 Å². The fraction of sp³-hybridized carbons (Fsp3) is 0.667. The molecule has 152 valence electrons. The van der Waals surface area contributed by atoms with Crippen LogP contribution in [-0.4, -0.2) is 83.2 Å². The molecule has 0 radical (unpaired) electrons. The van der Waals surface area contributed by atoms with Crippen LogP contribution >= 0.6 is 11.6 Å². The third kappa shape index (κ3) is 4.53. The Kier molecular flexibility index (Phi) is 6.23. The predicted octanol–water partition coefficient (Wildman–Crippen LogP) is 1.06. The zero-order valence-corrected chi connectivity index (χ0v) is 16.6. The highest BCUT2D eigenvalue weighted by atomic mass is 35.5. The lowest BCUT2D eigenvalue weighted by Crippen LogP contribution is -2.44. The second-order valence-corrected chi connectivity index (χ2v) is 7.64. The molecule has 2 aliphatic heterocycles. The number of imidazole rings is 1. The number of amides is 1. The minimum Gasteiger partial charge on any atom is -0.379 e. The fourth-order valence-electron chi connectivity index (χ4n) is 3.89. The number of carbonyl (C=O) groups is 1. The van der Waals surface area contributed by atoms with E-state index in [1.807, 2.05) is 0 Å². The number of nitrogens with one attached hydrogen (secondary N) is 2. The predicted molar refractivity (Wildman–Crippen MR) is 107 cm³/mol. The Bertz CT molecular complexity index is 808. The van der Waals surface area contributed by atoms with Crippen LogP contribution in [0.3, 0.4) is 0 Å². The van der Waals surface area contributed by atoms with Crippen molar-refractivity contribution in [2.75, 3.05) is 57.4 Å². The number of aromatic nitrogens is 4. The SMILES string of the molecule is O=C(NCCCN1CCOCC1)[C@H]1CCCN(c2nc(Cl)nc3nc[nH]c23)C1. The summed E-state index contributed by atoms with van der Waals surface area (Å²) in [6, 6.07) is 0. The van der Waals surface area contributed by atoms with Crippen molar-refractivity contribution in [1.29, 1.82) is 0 Å². The molecule has 2 N–H and O–H groups in total. The first kappa shape index (κ1) is 19.4. The molecule has 10 heteroatoms. The normalized spacial score (nSPS) is 21.2. The molecule has 2 aromatic rings. The van der Waals surface area contributed by atoms with Crippen molar-refractivity contribution in [3.63, 3.8) is 0 Å². The molecular weight excluding hydrogens is 382 g/mol. The van der Waals surface area contributed by atoms with E-state index in [2.05, 4.69) is 35.1 Å². The Labute approximate surface area is 168 Å². The zero-order valence-electron chi connectivity index (χ0n) is 15.9. The summed E-state index contributed by atoms with van der Waals surface area (Å²) in [7, 11) is 0. The van der Waals surface area contributed by atoms with E-state index in [-0.39, 0.29) is 17.1 Å². The molecule has 0 unspecified atom stereocenters. The van der Waals surface area contributed by atoms with Gasteiger partial charge in [-0.25, -0.2) is 4.98 Å². The molecule has 0 bridgehead atoms. The number of H-pyrrole nitrogens is 1. The second kappa shape index (κ2) is 9.02. The molecule has 0 aliphatic carbocycles. The molecule has 0 saturated carbocycles. The first-order valence-corrected chi connectivity index (χ1v) is 10.3. The van der Waals surface area contributed by atoms with Gasteiger partial charge in [-0.3, -0.25) is 9.69 Å². The van der Waals surface area contributed by atoms with Gasteiger partial charge in [-0.1, -0.05) is 0 Å². The summed E-state index contributed by atoms with van der Waals surface area (Å²) in [5.41, 5.74) is 1.31. The van der Waals surface area contributed by atoms with Crippen LogP contribution in [0.1, 0.15) is 19.3 Å². The molecule has 2 saturated heterocycles. The van der Waals surface area contributed by atoms with E-state index in [9.17, 15) is 4.79 Å². The molecule has 1 atom stereocenters. The first-order valence-electron chi connectivity index (χ1n) is 9.90. The smallest absolute Gasteiger partial charge is 0.226 e. The summed E-state index contributed by atoms with van der Waals surface area (Å²) in [5.74, 6) is 0.786. The van der Waals surface area contributed by atoms with Crippen LogP contribution in [0.25, 0.3) is 11.2 Å². The van der Waals surface area contributed by atoms with Gasteiger partial charge < -0.3 is 19.9 Å². The van der Waals surface area contributed by atoms with Crippen molar-refractivity contribution in [2.24, 2.45) is 5.92 Å². The molecule has 4 rings (SSSR count). The molecule has 2 aliphatic rings. The number of nitrogens with zero attached hydrogens (tertiary/aromatic N) is 5. The summed E-state index contributed by atoms with van der Waals surface area (Å²) in [5, 5.41) is 3.28. The van der Waals surface area contributed by atoms with Crippen molar-refractivity contribution >= 4 is 34.5 Å².